The van der Waals surface area contributed by atoms with Crippen LogP contribution in [0.5, 0.6) is 0 Å². The number of hydrogen-bond acceptors (Lipinski definition) is 3. The number of piperidine rings is 1. The molecule has 1 amide bonds. The summed E-state index contributed by atoms with van der Waals surface area (Å²) < 4.78 is 0. The zero-order chi connectivity index (χ0) is 12.3. The van der Waals surface area contributed by atoms with Crippen LogP contribution in [0.1, 0.15) is 32.6 Å². The summed E-state index contributed by atoms with van der Waals surface area (Å²) in [4.78, 5) is 14.2. The number of amides is 1. The number of nitrogens with zero attached hydrogens (tertiary/aromatic N) is 1. The molecular weight excluding hydrogens is 232 g/mol. The van der Waals surface area contributed by atoms with Crippen LogP contribution in [0.25, 0.3) is 0 Å². The van der Waals surface area contributed by atoms with Crippen LogP contribution in [0.3, 0.4) is 0 Å². The summed E-state index contributed by atoms with van der Waals surface area (Å²) in [5.41, 5.74) is 6.04. The number of carbonyl (C=O) groups excluding carboxylic acids is 1. The third-order valence-electron chi connectivity index (χ3n) is 4.17. The van der Waals surface area contributed by atoms with Crippen LogP contribution in [-0.4, -0.2) is 41.4 Å². The maximum Gasteiger partial charge on any atom is 0.222 e. The first-order valence-corrected chi connectivity index (χ1v) is 7.93. The van der Waals surface area contributed by atoms with Gasteiger partial charge in [0.25, 0.3) is 0 Å². The van der Waals surface area contributed by atoms with Gasteiger partial charge in [-0.3, -0.25) is 4.79 Å². The van der Waals surface area contributed by atoms with Gasteiger partial charge in [-0.05, 0) is 42.6 Å². The van der Waals surface area contributed by atoms with Crippen molar-refractivity contribution in [3.63, 3.8) is 0 Å². The second kappa shape index (κ2) is 6.10. The van der Waals surface area contributed by atoms with E-state index in [1.165, 1.54) is 24.3 Å². The van der Waals surface area contributed by atoms with E-state index < -0.39 is 0 Å². The van der Waals surface area contributed by atoms with E-state index in [4.69, 9.17) is 5.73 Å². The first kappa shape index (κ1) is 13.2. The maximum absolute atomic E-state index is 12.2. The molecule has 2 rings (SSSR count). The molecule has 2 aliphatic rings. The summed E-state index contributed by atoms with van der Waals surface area (Å²) in [6.07, 6.45) is 4.24. The van der Waals surface area contributed by atoms with E-state index in [1.807, 2.05) is 16.7 Å². The van der Waals surface area contributed by atoms with Gasteiger partial charge in [0, 0.05) is 25.6 Å². The molecule has 0 saturated carbocycles. The van der Waals surface area contributed by atoms with Gasteiger partial charge < -0.3 is 10.6 Å². The molecule has 2 heterocycles. The lowest BCUT2D eigenvalue weighted by molar-refractivity contribution is -0.134. The molecule has 17 heavy (non-hydrogen) atoms. The number of likely N-dealkylation sites (tertiary alicyclic amines) is 1. The Labute approximate surface area is 108 Å². The zero-order valence-electron chi connectivity index (χ0n) is 10.7. The smallest absolute Gasteiger partial charge is 0.222 e. The zero-order valence-corrected chi connectivity index (χ0v) is 11.5. The second-order valence-corrected chi connectivity index (χ2v) is 6.75. The molecule has 98 valence electrons. The van der Waals surface area contributed by atoms with Gasteiger partial charge in [0.1, 0.15) is 0 Å². The molecule has 0 aromatic heterocycles. The van der Waals surface area contributed by atoms with Gasteiger partial charge in [-0.25, -0.2) is 0 Å². The minimum atomic E-state index is 0.176. The highest BCUT2D eigenvalue weighted by Crippen LogP contribution is 2.26. The minimum absolute atomic E-state index is 0.176. The Kier molecular flexibility index (Phi) is 4.74. The molecule has 2 N–H and O–H groups in total. The number of nitrogens with two attached hydrogens (primary N) is 1. The summed E-state index contributed by atoms with van der Waals surface area (Å²) in [7, 11) is 0. The first-order valence-electron chi connectivity index (χ1n) is 6.78. The molecular formula is C13H24N2OS. The van der Waals surface area contributed by atoms with Crippen molar-refractivity contribution < 1.29 is 4.79 Å². The van der Waals surface area contributed by atoms with Gasteiger partial charge in [0.2, 0.25) is 5.91 Å². The Morgan fingerprint density at radius 2 is 2.06 bits per heavy atom. The highest BCUT2D eigenvalue weighted by molar-refractivity contribution is 7.99. The first-order chi connectivity index (χ1) is 8.16. The van der Waals surface area contributed by atoms with Gasteiger partial charge in [0.15, 0.2) is 0 Å². The summed E-state index contributed by atoms with van der Waals surface area (Å²) >= 11 is 2.02. The molecule has 2 unspecified atom stereocenters. The lowest BCUT2D eigenvalue weighted by Crippen LogP contribution is -2.50. The van der Waals surface area contributed by atoms with E-state index in [9.17, 15) is 4.79 Å². The Morgan fingerprint density at radius 3 is 2.71 bits per heavy atom. The van der Waals surface area contributed by atoms with Crippen LogP contribution in [-0.2, 0) is 4.79 Å². The predicted octanol–water partition coefficient (Wildman–Crippen LogP) is 1.72. The van der Waals surface area contributed by atoms with Crippen molar-refractivity contribution in [2.75, 3.05) is 24.6 Å². The van der Waals surface area contributed by atoms with Crippen LogP contribution in [0.2, 0.25) is 0 Å². The van der Waals surface area contributed by atoms with Crippen molar-refractivity contribution in [2.45, 2.75) is 38.6 Å². The number of thioether (sulfide) groups is 1. The minimum Gasteiger partial charge on any atom is -0.341 e. The van der Waals surface area contributed by atoms with E-state index in [0.29, 0.717) is 17.7 Å². The quantitative estimate of drug-likeness (QED) is 0.818. The molecule has 2 atom stereocenters. The summed E-state index contributed by atoms with van der Waals surface area (Å²) in [5, 5.41) is 0. The van der Waals surface area contributed by atoms with Crippen molar-refractivity contribution in [1.82, 2.24) is 4.90 Å². The highest BCUT2D eigenvalue weighted by Gasteiger charge is 2.27. The molecule has 2 saturated heterocycles. The third-order valence-corrected chi connectivity index (χ3v) is 5.22. The fourth-order valence-corrected chi connectivity index (χ4v) is 3.86. The predicted molar refractivity (Wildman–Crippen MR) is 73.0 cm³/mol. The Bertz CT molecular complexity index is 266. The number of hydrogen-bond donors (Lipinski definition) is 1. The van der Waals surface area contributed by atoms with E-state index >= 15 is 0 Å². The topological polar surface area (TPSA) is 46.3 Å². The Hall–Kier alpha value is -0.220. The standard InChI is InChI=1S/C13H24N2OS/c1-10-2-5-15(9-12(10)14)13(16)8-11-3-6-17-7-4-11/h10-12H,2-9,14H2,1H3. The molecule has 0 bridgehead atoms. The third kappa shape index (κ3) is 3.62. The van der Waals surface area contributed by atoms with Crippen LogP contribution in [0.15, 0.2) is 0 Å². The summed E-state index contributed by atoms with van der Waals surface area (Å²) in [6, 6.07) is 0.176. The lowest BCUT2D eigenvalue weighted by atomic mass is 9.92. The summed E-state index contributed by atoms with van der Waals surface area (Å²) in [6.45, 7) is 3.86. The molecule has 0 aromatic rings. The molecule has 4 heteroatoms. The largest absolute Gasteiger partial charge is 0.341 e. The fourth-order valence-electron chi connectivity index (χ4n) is 2.65. The number of rotatable bonds is 2. The molecule has 2 aliphatic heterocycles. The lowest BCUT2D eigenvalue weighted by Gasteiger charge is -2.36. The van der Waals surface area contributed by atoms with Gasteiger partial charge in [-0.2, -0.15) is 11.8 Å². The maximum atomic E-state index is 12.2. The van der Waals surface area contributed by atoms with Crippen molar-refractivity contribution in [3.8, 4) is 0 Å². The van der Waals surface area contributed by atoms with Gasteiger partial charge >= 0.3 is 0 Å². The van der Waals surface area contributed by atoms with E-state index in [-0.39, 0.29) is 6.04 Å². The molecule has 0 radical (unpaired) electrons. The van der Waals surface area contributed by atoms with Gasteiger partial charge in [-0.1, -0.05) is 6.92 Å². The van der Waals surface area contributed by atoms with Gasteiger partial charge in [0.05, 0.1) is 0 Å². The van der Waals surface area contributed by atoms with Crippen molar-refractivity contribution in [3.05, 3.63) is 0 Å². The van der Waals surface area contributed by atoms with E-state index in [2.05, 4.69) is 6.92 Å². The molecule has 0 spiro atoms. The van der Waals surface area contributed by atoms with Crippen LogP contribution < -0.4 is 5.73 Å². The fraction of sp³-hybridized carbons (Fsp3) is 0.923. The van der Waals surface area contributed by atoms with Crippen LogP contribution in [0.4, 0.5) is 0 Å². The monoisotopic (exact) mass is 256 g/mol. The Balaban J connectivity index is 1.79. The van der Waals surface area contributed by atoms with Crippen LogP contribution in [0, 0.1) is 11.8 Å². The number of carbonyl (C=O) groups is 1. The molecule has 0 aliphatic carbocycles. The average molecular weight is 256 g/mol. The highest BCUT2D eigenvalue weighted by atomic mass is 32.2. The Morgan fingerprint density at radius 1 is 1.35 bits per heavy atom. The molecule has 0 aromatic carbocycles. The SMILES string of the molecule is CC1CCN(C(=O)CC2CCSCC2)CC1N. The summed E-state index contributed by atoms with van der Waals surface area (Å²) in [5.74, 6) is 3.98. The van der Waals surface area contributed by atoms with E-state index in [0.717, 1.165) is 25.9 Å². The molecule has 2 fully saturated rings. The second-order valence-electron chi connectivity index (χ2n) is 5.53. The molecule has 3 nitrogen and oxygen atoms in total. The van der Waals surface area contributed by atoms with Crippen LogP contribution >= 0.6 is 11.8 Å². The van der Waals surface area contributed by atoms with Crippen molar-refractivity contribution >= 4 is 17.7 Å². The van der Waals surface area contributed by atoms with E-state index in [1.54, 1.807) is 0 Å². The van der Waals surface area contributed by atoms with Crippen molar-refractivity contribution in [2.24, 2.45) is 17.6 Å². The van der Waals surface area contributed by atoms with Crippen molar-refractivity contribution in [1.29, 1.82) is 0 Å². The van der Waals surface area contributed by atoms with Gasteiger partial charge in [-0.15, -0.1) is 0 Å². The normalized spacial score (nSPS) is 31.5. The average Bonchev–Trinajstić information content (AvgIpc) is 2.34.